The Morgan fingerprint density at radius 1 is 0.821 bits per heavy atom. The van der Waals surface area contributed by atoms with Gasteiger partial charge in [0.2, 0.25) is 5.95 Å². The Labute approximate surface area is 161 Å². The molecular weight excluding hydrogens is 365 g/mol. The molecule has 0 fully saturated rings. The molecule has 0 aliphatic heterocycles. The number of aromatic nitrogens is 2. The number of esters is 2. The van der Waals surface area contributed by atoms with E-state index in [0.29, 0.717) is 11.4 Å². The third kappa shape index (κ3) is 5.60. The zero-order valence-electron chi connectivity index (χ0n) is 15.3. The smallest absolute Gasteiger partial charge is 0.342 e. The van der Waals surface area contributed by atoms with Crippen molar-refractivity contribution < 1.29 is 23.5 Å². The van der Waals surface area contributed by atoms with Crippen LogP contribution in [-0.4, -0.2) is 36.1 Å². The van der Waals surface area contributed by atoms with Crippen LogP contribution in [0.3, 0.4) is 0 Å². The van der Waals surface area contributed by atoms with Crippen molar-refractivity contribution >= 4 is 23.4 Å². The van der Waals surface area contributed by atoms with Gasteiger partial charge in [-0.15, -0.1) is 0 Å². The van der Waals surface area contributed by atoms with Crippen molar-refractivity contribution in [3.63, 3.8) is 0 Å². The third-order valence-electron chi connectivity index (χ3n) is 3.41. The predicted octanol–water partition coefficient (Wildman–Crippen LogP) is 3.62. The molecule has 0 aliphatic rings. The number of nitrogens with one attached hydrogen (secondary N) is 1. The molecule has 1 N–H and O–H groups in total. The van der Waals surface area contributed by atoms with Gasteiger partial charge in [0.25, 0.3) is 0 Å². The van der Waals surface area contributed by atoms with Crippen LogP contribution in [-0.2, 0) is 9.47 Å². The number of carbonyl (C=O) groups is 2. The van der Waals surface area contributed by atoms with Crippen LogP contribution in [0.2, 0.25) is 0 Å². The van der Waals surface area contributed by atoms with E-state index in [2.05, 4.69) is 20.0 Å². The lowest BCUT2D eigenvalue weighted by Crippen LogP contribution is -2.06. The maximum Gasteiger partial charge on any atom is 0.342 e. The highest BCUT2D eigenvalue weighted by Crippen LogP contribution is 2.18. The lowest BCUT2D eigenvalue weighted by molar-refractivity contribution is 0.0588. The molecule has 0 aliphatic carbocycles. The Balaban J connectivity index is 0.000000221. The Bertz CT molecular complexity index is 935. The number of benzene rings is 1. The Morgan fingerprint density at radius 2 is 1.39 bits per heavy atom. The molecule has 0 radical (unpaired) electrons. The summed E-state index contributed by atoms with van der Waals surface area (Å²) in [4.78, 5) is 29.7. The van der Waals surface area contributed by atoms with E-state index in [0.717, 1.165) is 5.69 Å². The summed E-state index contributed by atoms with van der Waals surface area (Å²) in [7, 11) is 2.54. The van der Waals surface area contributed by atoms with Crippen LogP contribution in [0.15, 0.2) is 67.0 Å². The van der Waals surface area contributed by atoms with E-state index in [-0.39, 0.29) is 5.56 Å². The summed E-state index contributed by atoms with van der Waals surface area (Å²) in [5, 5.41) is 3.08. The molecule has 1 aromatic carbocycles. The van der Waals surface area contributed by atoms with E-state index < -0.39 is 17.9 Å². The van der Waals surface area contributed by atoms with Gasteiger partial charge in [-0.25, -0.2) is 19.6 Å². The van der Waals surface area contributed by atoms with Gasteiger partial charge in [0.05, 0.1) is 14.2 Å². The fourth-order valence-electron chi connectivity index (χ4n) is 2.09. The number of nitrogens with zero attached hydrogens (tertiary/aromatic N) is 2. The molecule has 0 atom stereocenters. The predicted molar refractivity (Wildman–Crippen MR) is 101 cm³/mol. The molecule has 144 valence electrons. The van der Waals surface area contributed by atoms with E-state index in [1.807, 2.05) is 30.3 Å². The molecular formula is C20H18FN3O4. The molecule has 7 nitrogen and oxygen atoms in total. The van der Waals surface area contributed by atoms with Crippen LogP contribution in [0.25, 0.3) is 0 Å². The highest BCUT2D eigenvalue weighted by atomic mass is 19.1. The Hall–Kier alpha value is -3.81. The standard InChI is InChI=1S/C13H12N2O2.C7H6FNO2/c1-17-13(16)11-8-5-9-14-12(11)15-10-6-3-2-4-7-10;1-11-7(10)5-3-2-4-9-6(5)8/h2-9H,1H3,(H,14,15);2-4H,1H3. The summed E-state index contributed by atoms with van der Waals surface area (Å²) < 4.78 is 21.6. The fraction of sp³-hybridized carbons (Fsp3) is 0.100. The number of ether oxygens (including phenoxy) is 2. The van der Waals surface area contributed by atoms with Gasteiger partial charge in [-0.3, -0.25) is 0 Å². The van der Waals surface area contributed by atoms with Crippen molar-refractivity contribution in [2.24, 2.45) is 0 Å². The first-order valence-corrected chi connectivity index (χ1v) is 8.11. The normalized spacial score (nSPS) is 9.54. The van der Waals surface area contributed by atoms with Gasteiger partial charge in [-0.2, -0.15) is 4.39 Å². The van der Waals surface area contributed by atoms with E-state index in [9.17, 15) is 14.0 Å². The fourth-order valence-corrected chi connectivity index (χ4v) is 2.09. The maximum absolute atomic E-state index is 12.6. The molecule has 0 saturated heterocycles. The van der Waals surface area contributed by atoms with E-state index in [1.165, 1.54) is 32.5 Å². The van der Waals surface area contributed by atoms with Crippen molar-refractivity contribution in [3.8, 4) is 0 Å². The van der Waals surface area contributed by atoms with Gasteiger partial charge in [0.1, 0.15) is 16.9 Å². The van der Waals surface area contributed by atoms with Crippen molar-refractivity contribution in [1.82, 2.24) is 9.97 Å². The summed E-state index contributed by atoms with van der Waals surface area (Å²) in [6, 6.07) is 15.7. The van der Waals surface area contributed by atoms with Crippen LogP contribution >= 0.6 is 0 Å². The quantitative estimate of drug-likeness (QED) is 0.543. The molecule has 3 aromatic rings. The van der Waals surface area contributed by atoms with Crippen LogP contribution in [0.1, 0.15) is 20.7 Å². The minimum atomic E-state index is -0.806. The number of rotatable bonds is 4. The lowest BCUT2D eigenvalue weighted by Gasteiger charge is -2.08. The monoisotopic (exact) mass is 383 g/mol. The van der Waals surface area contributed by atoms with Gasteiger partial charge in [-0.1, -0.05) is 18.2 Å². The molecule has 0 amide bonds. The topological polar surface area (TPSA) is 90.4 Å². The Kier molecular flexibility index (Phi) is 7.59. The number of para-hydroxylation sites is 1. The van der Waals surface area contributed by atoms with Crippen LogP contribution in [0.4, 0.5) is 15.9 Å². The molecule has 0 bridgehead atoms. The van der Waals surface area contributed by atoms with Crippen molar-refractivity contribution in [1.29, 1.82) is 0 Å². The van der Waals surface area contributed by atoms with Crippen LogP contribution in [0.5, 0.6) is 0 Å². The zero-order valence-corrected chi connectivity index (χ0v) is 15.3. The summed E-state index contributed by atoms with van der Waals surface area (Å²) in [6.45, 7) is 0. The van der Waals surface area contributed by atoms with Gasteiger partial charge < -0.3 is 14.8 Å². The highest BCUT2D eigenvalue weighted by Gasteiger charge is 2.12. The van der Waals surface area contributed by atoms with Crippen LogP contribution in [0, 0.1) is 5.95 Å². The number of pyridine rings is 2. The first-order chi connectivity index (χ1) is 13.6. The number of halogens is 1. The second-order valence-electron chi connectivity index (χ2n) is 5.22. The van der Waals surface area contributed by atoms with E-state index >= 15 is 0 Å². The van der Waals surface area contributed by atoms with Crippen molar-refractivity contribution in [3.05, 3.63) is 84.1 Å². The van der Waals surface area contributed by atoms with Crippen molar-refractivity contribution in [2.45, 2.75) is 0 Å². The van der Waals surface area contributed by atoms with E-state index in [4.69, 9.17) is 4.74 Å². The third-order valence-corrected chi connectivity index (χ3v) is 3.41. The van der Waals surface area contributed by atoms with E-state index in [1.54, 1.807) is 18.3 Å². The number of anilines is 2. The summed E-state index contributed by atoms with van der Waals surface area (Å²) in [5.74, 6) is -1.43. The zero-order chi connectivity index (χ0) is 20.4. The highest BCUT2D eigenvalue weighted by molar-refractivity contribution is 5.95. The number of hydrogen-bond acceptors (Lipinski definition) is 7. The molecule has 2 heterocycles. The molecule has 0 unspecified atom stereocenters. The molecule has 0 spiro atoms. The SMILES string of the molecule is COC(=O)c1cccnc1F.COC(=O)c1cccnc1Nc1ccccc1. The number of methoxy groups -OCH3 is 2. The van der Waals surface area contributed by atoms with Gasteiger partial charge >= 0.3 is 11.9 Å². The number of hydrogen-bond donors (Lipinski definition) is 1. The van der Waals surface area contributed by atoms with Gasteiger partial charge in [-0.05, 0) is 36.4 Å². The second-order valence-corrected chi connectivity index (χ2v) is 5.22. The first-order valence-electron chi connectivity index (χ1n) is 8.11. The Morgan fingerprint density at radius 3 is 2.00 bits per heavy atom. The van der Waals surface area contributed by atoms with Crippen molar-refractivity contribution in [2.75, 3.05) is 19.5 Å². The first kappa shape index (κ1) is 20.5. The van der Waals surface area contributed by atoms with Crippen LogP contribution < -0.4 is 5.32 Å². The second kappa shape index (κ2) is 10.4. The van der Waals surface area contributed by atoms with Gasteiger partial charge in [0, 0.05) is 18.1 Å². The minimum Gasteiger partial charge on any atom is -0.465 e. The summed E-state index contributed by atoms with van der Waals surface area (Å²) in [6.07, 6.45) is 2.89. The average molecular weight is 383 g/mol. The number of carbonyl (C=O) groups excluding carboxylic acids is 2. The largest absolute Gasteiger partial charge is 0.465 e. The molecule has 0 saturated carbocycles. The summed E-state index contributed by atoms with van der Waals surface area (Å²) in [5.41, 5.74) is 1.14. The van der Waals surface area contributed by atoms with Gasteiger partial charge in [0.15, 0.2) is 0 Å². The average Bonchev–Trinajstić information content (AvgIpc) is 2.74. The lowest BCUT2D eigenvalue weighted by atomic mass is 10.2. The molecule has 3 rings (SSSR count). The molecule has 2 aromatic heterocycles. The summed E-state index contributed by atoms with van der Waals surface area (Å²) >= 11 is 0. The molecule has 28 heavy (non-hydrogen) atoms. The minimum absolute atomic E-state index is 0.144. The maximum atomic E-state index is 12.6. The molecule has 8 heteroatoms.